The number of hydrogen-bond donors (Lipinski definition) is 3. The number of carbonyl (C=O) groups excluding carboxylic acids is 1. The average molecular weight is 391 g/mol. The minimum Gasteiger partial charge on any atom is -0.494 e. The fourth-order valence-corrected chi connectivity index (χ4v) is 2.67. The second-order valence-electron chi connectivity index (χ2n) is 5.58. The van der Waals surface area contributed by atoms with Gasteiger partial charge in [-0.2, -0.15) is 10.2 Å². The molecular formula is C17H21N5O4S. The monoisotopic (exact) mass is 391 g/mol. The Balaban J connectivity index is 1.89. The molecule has 1 aromatic carbocycles. The summed E-state index contributed by atoms with van der Waals surface area (Å²) in [5.74, 6) is 0.338. The summed E-state index contributed by atoms with van der Waals surface area (Å²) in [5, 5.41) is 9.02. The Labute approximate surface area is 159 Å². The molecule has 1 atom stereocenters. The number of nitrogens with one attached hydrogen (secondary N) is 3. The summed E-state index contributed by atoms with van der Waals surface area (Å²) < 4.78 is 5.62. The number of ether oxygens (including phenoxy) is 1. The first kappa shape index (κ1) is 20.4. The minimum absolute atomic E-state index is 0.00170. The Morgan fingerprint density at radius 2 is 2.26 bits per heavy atom. The van der Waals surface area contributed by atoms with Crippen LogP contribution in [0.25, 0.3) is 0 Å². The van der Waals surface area contributed by atoms with Crippen molar-refractivity contribution in [3.8, 4) is 5.75 Å². The van der Waals surface area contributed by atoms with Gasteiger partial charge in [0.05, 0.1) is 18.1 Å². The summed E-state index contributed by atoms with van der Waals surface area (Å²) in [7, 11) is 0. The molecule has 9 nitrogen and oxygen atoms in total. The molecule has 1 aromatic heterocycles. The molecule has 1 amide bonds. The van der Waals surface area contributed by atoms with Crippen LogP contribution in [0.2, 0.25) is 0 Å². The van der Waals surface area contributed by atoms with Crippen molar-refractivity contribution in [1.82, 2.24) is 20.6 Å². The molecule has 144 valence electrons. The zero-order chi connectivity index (χ0) is 19.6. The van der Waals surface area contributed by atoms with E-state index in [4.69, 9.17) is 4.74 Å². The number of aromatic amines is 2. The van der Waals surface area contributed by atoms with Crippen LogP contribution in [0, 0.1) is 0 Å². The van der Waals surface area contributed by atoms with Gasteiger partial charge in [-0.15, -0.1) is 0 Å². The van der Waals surface area contributed by atoms with E-state index in [1.165, 1.54) is 6.21 Å². The SMILES string of the molecule is CCCCOc1cccc(/C=N/NC(=O)C(C)Sc2n[nH]c(=O)[nH]c2=O)c1. The molecule has 0 bridgehead atoms. The van der Waals surface area contributed by atoms with Gasteiger partial charge < -0.3 is 4.74 Å². The molecular weight excluding hydrogens is 370 g/mol. The Hall–Kier alpha value is -2.88. The van der Waals surface area contributed by atoms with E-state index in [2.05, 4.69) is 27.6 Å². The van der Waals surface area contributed by atoms with E-state index in [1.54, 1.807) is 6.92 Å². The number of benzene rings is 1. The van der Waals surface area contributed by atoms with Crippen LogP contribution >= 0.6 is 11.8 Å². The van der Waals surface area contributed by atoms with Gasteiger partial charge in [0, 0.05) is 0 Å². The molecule has 0 spiro atoms. The zero-order valence-corrected chi connectivity index (χ0v) is 15.8. The van der Waals surface area contributed by atoms with Crippen LogP contribution in [0.4, 0.5) is 0 Å². The third kappa shape index (κ3) is 6.74. The molecule has 3 N–H and O–H groups in total. The largest absolute Gasteiger partial charge is 0.494 e. The summed E-state index contributed by atoms with van der Waals surface area (Å²) in [6.45, 7) is 4.35. The summed E-state index contributed by atoms with van der Waals surface area (Å²) in [6.07, 6.45) is 3.55. The van der Waals surface area contributed by atoms with E-state index in [0.29, 0.717) is 6.61 Å². The number of H-pyrrole nitrogens is 2. The Bertz CT molecular complexity index is 908. The van der Waals surface area contributed by atoms with Crippen molar-refractivity contribution < 1.29 is 9.53 Å². The highest BCUT2D eigenvalue weighted by atomic mass is 32.2. The molecule has 0 aliphatic heterocycles. The number of rotatable bonds is 9. The summed E-state index contributed by atoms with van der Waals surface area (Å²) in [6, 6.07) is 7.37. The van der Waals surface area contributed by atoms with Gasteiger partial charge in [-0.3, -0.25) is 14.6 Å². The van der Waals surface area contributed by atoms with Crippen molar-refractivity contribution in [2.45, 2.75) is 37.0 Å². The number of unbranched alkanes of at least 4 members (excludes halogenated alkanes) is 1. The lowest BCUT2D eigenvalue weighted by atomic mass is 10.2. The predicted molar refractivity (Wildman–Crippen MR) is 103 cm³/mol. The quantitative estimate of drug-likeness (QED) is 0.255. The molecule has 0 saturated heterocycles. The molecule has 0 aliphatic carbocycles. The Morgan fingerprint density at radius 1 is 1.44 bits per heavy atom. The minimum atomic E-state index is -0.702. The summed E-state index contributed by atoms with van der Waals surface area (Å²) in [4.78, 5) is 36.7. The second kappa shape index (κ2) is 10.3. The highest BCUT2D eigenvalue weighted by Crippen LogP contribution is 2.16. The van der Waals surface area contributed by atoms with Crippen LogP contribution in [-0.2, 0) is 4.79 Å². The number of carbonyl (C=O) groups is 1. The van der Waals surface area contributed by atoms with Crippen LogP contribution < -0.4 is 21.4 Å². The van der Waals surface area contributed by atoms with Gasteiger partial charge in [0.1, 0.15) is 5.75 Å². The molecule has 2 aromatic rings. The maximum Gasteiger partial charge on any atom is 0.342 e. The van der Waals surface area contributed by atoms with E-state index >= 15 is 0 Å². The fraction of sp³-hybridized carbons (Fsp3) is 0.353. The fourth-order valence-electron chi connectivity index (χ4n) is 1.92. The van der Waals surface area contributed by atoms with Crippen molar-refractivity contribution in [2.24, 2.45) is 5.10 Å². The molecule has 2 rings (SSSR count). The van der Waals surface area contributed by atoms with Crippen LogP contribution in [0.1, 0.15) is 32.3 Å². The van der Waals surface area contributed by atoms with Crippen LogP contribution in [0.15, 0.2) is 44.0 Å². The van der Waals surface area contributed by atoms with Gasteiger partial charge in [-0.05, 0) is 31.0 Å². The Kier molecular flexibility index (Phi) is 7.80. The molecule has 1 unspecified atom stereocenters. The van der Waals surface area contributed by atoms with Crippen molar-refractivity contribution in [2.75, 3.05) is 6.61 Å². The topological polar surface area (TPSA) is 129 Å². The predicted octanol–water partition coefficient (Wildman–Crippen LogP) is 1.27. The number of thioether (sulfide) groups is 1. The van der Waals surface area contributed by atoms with Crippen LogP contribution in [0.5, 0.6) is 5.75 Å². The van der Waals surface area contributed by atoms with Gasteiger partial charge >= 0.3 is 5.69 Å². The van der Waals surface area contributed by atoms with Crippen molar-refractivity contribution in [3.05, 3.63) is 50.7 Å². The van der Waals surface area contributed by atoms with E-state index in [1.807, 2.05) is 29.2 Å². The highest BCUT2D eigenvalue weighted by molar-refractivity contribution is 8.00. The first-order valence-electron chi connectivity index (χ1n) is 8.41. The molecule has 1 heterocycles. The van der Waals surface area contributed by atoms with Crippen LogP contribution in [-0.4, -0.2) is 39.2 Å². The number of hydrazone groups is 1. The first-order valence-corrected chi connectivity index (χ1v) is 9.29. The molecule has 0 fully saturated rings. The van der Waals surface area contributed by atoms with E-state index in [9.17, 15) is 14.4 Å². The lowest BCUT2D eigenvalue weighted by Crippen LogP contribution is -2.30. The van der Waals surface area contributed by atoms with Gasteiger partial charge in [0.15, 0.2) is 5.03 Å². The van der Waals surface area contributed by atoms with Crippen LogP contribution in [0.3, 0.4) is 0 Å². The number of hydrogen-bond acceptors (Lipinski definition) is 7. The first-order chi connectivity index (χ1) is 13.0. The third-order valence-electron chi connectivity index (χ3n) is 3.35. The normalized spacial score (nSPS) is 12.1. The summed E-state index contributed by atoms with van der Waals surface area (Å²) >= 11 is 0.916. The molecule has 27 heavy (non-hydrogen) atoms. The van der Waals surface area contributed by atoms with E-state index in [-0.39, 0.29) is 5.03 Å². The zero-order valence-electron chi connectivity index (χ0n) is 15.0. The standard InChI is InChI=1S/C17H21N5O4S/c1-3-4-8-26-13-7-5-6-12(9-13)10-18-20-14(23)11(2)27-16-15(24)19-17(25)22-21-16/h5-7,9-11H,3-4,8H2,1-2H3,(H,20,23)(H2,19,22,24,25)/b18-10+. The maximum atomic E-state index is 12.1. The lowest BCUT2D eigenvalue weighted by Gasteiger charge is -2.07. The average Bonchev–Trinajstić information content (AvgIpc) is 2.64. The maximum absolute atomic E-state index is 12.1. The lowest BCUT2D eigenvalue weighted by molar-refractivity contribution is -0.120. The second-order valence-corrected chi connectivity index (χ2v) is 6.91. The van der Waals surface area contributed by atoms with Crippen molar-refractivity contribution in [3.63, 3.8) is 0 Å². The Morgan fingerprint density at radius 3 is 3.00 bits per heavy atom. The van der Waals surface area contributed by atoms with E-state index in [0.717, 1.165) is 35.9 Å². The van der Waals surface area contributed by atoms with Gasteiger partial charge in [-0.25, -0.2) is 15.3 Å². The molecule has 0 aliphatic rings. The highest BCUT2D eigenvalue weighted by Gasteiger charge is 2.16. The van der Waals surface area contributed by atoms with Gasteiger partial charge in [0.2, 0.25) is 0 Å². The third-order valence-corrected chi connectivity index (χ3v) is 4.42. The molecule has 10 heteroatoms. The van der Waals surface area contributed by atoms with Gasteiger partial charge in [0.25, 0.3) is 11.5 Å². The molecule has 0 radical (unpaired) electrons. The van der Waals surface area contributed by atoms with Crippen molar-refractivity contribution >= 4 is 23.9 Å². The number of amides is 1. The number of aromatic nitrogens is 3. The van der Waals surface area contributed by atoms with Gasteiger partial charge in [-0.1, -0.05) is 37.2 Å². The van der Waals surface area contributed by atoms with Crippen molar-refractivity contribution in [1.29, 1.82) is 0 Å². The van der Waals surface area contributed by atoms with E-state index < -0.39 is 22.4 Å². The summed E-state index contributed by atoms with van der Waals surface area (Å²) in [5.41, 5.74) is 1.84. The smallest absolute Gasteiger partial charge is 0.342 e. The number of nitrogens with zero attached hydrogens (tertiary/aromatic N) is 2. The molecule has 0 saturated carbocycles.